The second kappa shape index (κ2) is 61.5. The van der Waals surface area contributed by atoms with Gasteiger partial charge >= 0.3 is 7.82 Å². The number of nitrogens with one attached hydrogen (secondary N) is 1. The maximum Gasteiger partial charge on any atom is 0.472 e. The van der Waals surface area contributed by atoms with Gasteiger partial charge < -0.3 is 19.8 Å². The lowest BCUT2D eigenvalue weighted by molar-refractivity contribution is -0.870. The summed E-state index contributed by atoms with van der Waals surface area (Å²) in [7, 11) is 1.55. The number of phosphoric ester groups is 1. The van der Waals surface area contributed by atoms with Crippen LogP contribution in [0.2, 0.25) is 0 Å². The monoisotopic (exact) mass is 1150 g/mol. The van der Waals surface area contributed by atoms with E-state index in [0.29, 0.717) is 17.4 Å². The Labute approximate surface area is 501 Å². The molecule has 466 valence electrons. The van der Waals surface area contributed by atoms with Crippen LogP contribution >= 0.6 is 7.82 Å². The van der Waals surface area contributed by atoms with Gasteiger partial charge in [0, 0.05) is 6.42 Å². The molecule has 81 heavy (non-hydrogen) atoms. The van der Waals surface area contributed by atoms with Gasteiger partial charge in [0.1, 0.15) is 13.2 Å². The zero-order chi connectivity index (χ0) is 59.1. The van der Waals surface area contributed by atoms with Gasteiger partial charge in [0.15, 0.2) is 0 Å². The summed E-state index contributed by atoms with van der Waals surface area (Å²) in [6.07, 6.45) is 91.9. The van der Waals surface area contributed by atoms with Gasteiger partial charge in [-0.1, -0.05) is 296 Å². The van der Waals surface area contributed by atoms with Crippen molar-refractivity contribution in [2.24, 2.45) is 0 Å². The molecule has 0 bridgehead atoms. The van der Waals surface area contributed by atoms with E-state index in [1.54, 1.807) is 6.08 Å². The molecule has 8 nitrogen and oxygen atoms in total. The molecule has 9 heteroatoms. The number of carbonyl (C=O) groups is 1. The lowest BCUT2D eigenvalue weighted by atomic mass is 10.0. The van der Waals surface area contributed by atoms with Crippen molar-refractivity contribution in [2.45, 2.75) is 289 Å². The van der Waals surface area contributed by atoms with Crippen LogP contribution < -0.4 is 5.32 Å². The lowest BCUT2D eigenvalue weighted by Gasteiger charge is -2.25. The molecular weight excluding hydrogens is 1020 g/mol. The number of allylic oxidation sites excluding steroid dienone is 19. The Hall–Kier alpha value is -3.10. The Morgan fingerprint density at radius 3 is 1.14 bits per heavy atom. The molecule has 0 aromatic rings. The van der Waals surface area contributed by atoms with Crippen molar-refractivity contribution in [3.8, 4) is 0 Å². The maximum atomic E-state index is 13.0. The fourth-order valence-corrected chi connectivity index (χ4v) is 9.99. The highest BCUT2D eigenvalue weighted by molar-refractivity contribution is 7.47. The number of likely N-dealkylation sites (N-methyl/N-ethyl adjacent to an activating group) is 1. The summed E-state index contributed by atoms with van der Waals surface area (Å²) in [5.74, 6) is -0.189. The SMILES string of the molecule is CC/C=C\C/C=C\C/C=C\C/C=C\C/C=C\C/C=C\C/C=C\C/C=C\CCCCCCCCCCCCCCCCC(=O)NC(COP(=O)(O)OCC[N+](C)(C)C)C(O)/C=C/CC/C=C/CCCCCCCCCCCCCCCC. The molecule has 3 unspecified atom stereocenters. The molecule has 0 fully saturated rings. The number of aliphatic hydroxyl groups excluding tert-OH is 1. The van der Waals surface area contributed by atoms with Crippen LogP contribution in [0.25, 0.3) is 0 Å². The molecule has 0 spiro atoms. The fraction of sp³-hybridized carbons (Fsp3) is 0.708. The molecule has 0 heterocycles. The van der Waals surface area contributed by atoms with Crippen LogP contribution in [0.1, 0.15) is 277 Å². The largest absolute Gasteiger partial charge is 0.472 e. The molecule has 0 aliphatic carbocycles. The molecule has 0 aliphatic rings. The first-order valence-corrected chi connectivity index (χ1v) is 34.9. The number of amides is 1. The van der Waals surface area contributed by atoms with E-state index in [-0.39, 0.29) is 19.1 Å². The first kappa shape index (κ1) is 77.9. The van der Waals surface area contributed by atoms with Crippen LogP contribution in [0.3, 0.4) is 0 Å². The molecule has 1 amide bonds. The number of aliphatic hydroxyl groups is 1. The summed E-state index contributed by atoms with van der Waals surface area (Å²) in [6.45, 7) is 4.69. The first-order valence-electron chi connectivity index (χ1n) is 33.4. The first-order chi connectivity index (χ1) is 39.5. The fourth-order valence-electron chi connectivity index (χ4n) is 9.25. The predicted octanol–water partition coefficient (Wildman–Crippen LogP) is 21.3. The summed E-state index contributed by atoms with van der Waals surface area (Å²) in [4.78, 5) is 23.4. The molecule has 0 aliphatic heterocycles. The Morgan fingerprint density at radius 1 is 0.432 bits per heavy atom. The third-order valence-electron chi connectivity index (χ3n) is 14.4. The van der Waals surface area contributed by atoms with Gasteiger partial charge in [-0.3, -0.25) is 13.8 Å². The predicted molar refractivity (Wildman–Crippen MR) is 355 cm³/mol. The third kappa shape index (κ3) is 64.3. The Kier molecular flexibility index (Phi) is 59.1. The van der Waals surface area contributed by atoms with Crippen LogP contribution in [0.4, 0.5) is 0 Å². The number of carbonyl (C=O) groups excluding carboxylic acids is 1. The zero-order valence-corrected chi connectivity index (χ0v) is 54.1. The molecule has 0 radical (unpaired) electrons. The Bertz CT molecular complexity index is 1730. The number of phosphoric acid groups is 1. The smallest absolute Gasteiger partial charge is 0.387 e. The quantitative estimate of drug-likeness (QED) is 0.0243. The minimum atomic E-state index is -4.37. The summed E-state index contributed by atoms with van der Waals surface area (Å²) < 4.78 is 23.8. The number of hydrogen-bond donors (Lipinski definition) is 3. The van der Waals surface area contributed by atoms with Crippen molar-refractivity contribution in [1.82, 2.24) is 5.32 Å². The molecular formula is C72H128N2O6P+. The minimum Gasteiger partial charge on any atom is -0.387 e. The normalized spacial score (nSPS) is 14.5. The second-order valence-electron chi connectivity index (χ2n) is 23.5. The summed E-state index contributed by atoms with van der Waals surface area (Å²) in [5.41, 5.74) is 0. The van der Waals surface area contributed by atoms with Gasteiger partial charge in [0.25, 0.3) is 0 Å². The summed E-state index contributed by atoms with van der Waals surface area (Å²) in [6, 6.07) is -0.871. The van der Waals surface area contributed by atoms with Crippen LogP contribution in [-0.4, -0.2) is 73.4 Å². The van der Waals surface area contributed by atoms with Gasteiger partial charge in [-0.2, -0.15) is 0 Å². The van der Waals surface area contributed by atoms with E-state index in [1.807, 2.05) is 27.2 Å². The molecule has 3 atom stereocenters. The molecule has 0 rings (SSSR count). The van der Waals surface area contributed by atoms with Gasteiger partial charge in [0.2, 0.25) is 5.91 Å². The van der Waals surface area contributed by atoms with E-state index in [1.165, 1.54) is 167 Å². The van der Waals surface area contributed by atoms with Crippen molar-refractivity contribution >= 4 is 13.7 Å². The molecule has 0 aromatic heterocycles. The number of unbranched alkanes of at least 4 members (excludes halogenated alkanes) is 29. The molecule has 3 N–H and O–H groups in total. The van der Waals surface area contributed by atoms with Crippen molar-refractivity contribution in [3.05, 3.63) is 122 Å². The number of rotatable bonds is 60. The average Bonchev–Trinajstić information content (AvgIpc) is 3.43. The minimum absolute atomic E-state index is 0.0521. The zero-order valence-electron chi connectivity index (χ0n) is 53.2. The highest BCUT2D eigenvalue weighted by Crippen LogP contribution is 2.43. The van der Waals surface area contributed by atoms with Crippen molar-refractivity contribution < 1.29 is 32.9 Å². The number of nitrogens with zero attached hydrogens (tertiary/aromatic N) is 1. The Morgan fingerprint density at radius 2 is 0.753 bits per heavy atom. The molecule has 0 saturated carbocycles. The van der Waals surface area contributed by atoms with Gasteiger partial charge in [-0.25, -0.2) is 4.57 Å². The van der Waals surface area contributed by atoms with Crippen LogP contribution in [0.5, 0.6) is 0 Å². The average molecular weight is 1150 g/mol. The van der Waals surface area contributed by atoms with Crippen molar-refractivity contribution in [1.29, 1.82) is 0 Å². The van der Waals surface area contributed by atoms with E-state index < -0.39 is 20.0 Å². The van der Waals surface area contributed by atoms with E-state index in [4.69, 9.17) is 9.05 Å². The van der Waals surface area contributed by atoms with Crippen LogP contribution in [0.15, 0.2) is 122 Å². The highest BCUT2D eigenvalue weighted by Gasteiger charge is 2.27. The molecule has 0 saturated heterocycles. The standard InChI is InChI=1S/C72H127N2O6P/c1-6-8-10-12-14-16-18-20-22-24-26-28-29-30-31-32-33-34-35-36-37-38-39-40-41-42-43-44-45-46-48-50-52-54-56-58-60-62-64-66-72(76)73-70(69-80-81(77,78)79-68-67-74(3,4)5)71(75)65-63-61-59-57-55-53-51-49-47-27-25-23-21-19-17-15-13-11-9-7-2/h8,10,14,16,20,22,26,28,30-31,33-34,36-37,39-40,55,57,63,65,70-71,75H,6-7,9,11-13,15,17-19,21,23-25,27,29,32,35,38,41-54,56,58-62,64,66-69H2,1-5H3,(H-,73,76,77,78)/p+1/b10-8-,16-14-,22-20-,28-26-,31-30-,34-33-,37-36-,40-39-,57-55+,65-63+. The van der Waals surface area contributed by atoms with Crippen molar-refractivity contribution in [3.63, 3.8) is 0 Å². The van der Waals surface area contributed by atoms with Gasteiger partial charge in [-0.05, 0) is 96.3 Å². The summed E-state index contributed by atoms with van der Waals surface area (Å²) >= 11 is 0. The van der Waals surface area contributed by atoms with E-state index >= 15 is 0 Å². The molecule has 0 aromatic carbocycles. The maximum absolute atomic E-state index is 13.0. The van der Waals surface area contributed by atoms with E-state index in [0.717, 1.165) is 89.9 Å². The van der Waals surface area contributed by atoms with E-state index in [2.05, 4.69) is 129 Å². The third-order valence-corrected chi connectivity index (χ3v) is 15.4. The summed E-state index contributed by atoms with van der Waals surface area (Å²) in [5, 5.41) is 14.0. The van der Waals surface area contributed by atoms with Gasteiger partial charge in [0.05, 0.1) is 39.9 Å². The van der Waals surface area contributed by atoms with Gasteiger partial charge in [-0.15, -0.1) is 0 Å². The van der Waals surface area contributed by atoms with Crippen LogP contribution in [-0.2, 0) is 18.4 Å². The highest BCUT2D eigenvalue weighted by atomic mass is 31.2. The topological polar surface area (TPSA) is 105 Å². The van der Waals surface area contributed by atoms with E-state index in [9.17, 15) is 19.4 Å². The Balaban J connectivity index is 4.10. The lowest BCUT2D eigenvalue weighted by Crippen LogP contribution is -2.45. The number of quaternary nitrogens is 1. The van der Waals surface area contributed by atoms with Crippen molar-refractivity contribution in [2.75, 3.05) is 40.9 Å². The van der Waals surface area contributed by atoms with Crippen LogP contribution in [0, 0.1) is 0 Å². The second-order valence-corrected chi connectivity index (χ2v) is 24.9. The number of hydrogen-bond acceptors (Lipinski definition) is 5.